The molecular formula is C37H67N5. The average molecular weight is 582 g/mol. The van der Waals surface area contributed by atoms with Gasteiger partial charge in [-0.05, 0) is 132 Å². The van der Waals surface area contributed by atoms with Gasteiger partial charge in [-0.1, -0.05) is 70.6 Å². The van der Waals surface area contributed by atoms with Crippen LogP contribution in [0.15, 0.2) is 0 Å². The van der Waals surface area contributed by atoms with E-state index in [2.05, 4.69) is 26.6 Å². The molecule has 8 unspecified atom stereocenters. The van der Waals surface area contributed by atoms with Gasteiger partial charge < -0.3 is 10.6 Å². The highest BCUT2D eigenvalue weighted by molar-refractivity contribution is 4.98. The lowest BCUT2D eigenvalue weighted by atomic mass is 9.64. The van der Waals surface area contributed by atoms with Crippen molar-refractivity contribution < 1.29 is 0 Å². The Morgan fingerprint density at radius 2 is 0.952 bits per heavy atom. The summed E-state index contributed by atoms with van der Waals surface area (Å²) in [6.45, 7) is 2.53. The van der Waals surface area contributed by atoms with Crippen LogP contribution in [0.5, 0.6) is 0 Å². The van der Waals surface area contributed by atoms with Gasteiger partial charge in [0.05, 0.1) is 18.5 Å². The van der Waals surface area contributed by atoms with E-state index in [-0.39, 0.29) is 0 Å². The Balaban J connectivity index is 1.01. The van der Waals surface area contributed by atoms with E-state index >= 15 is 0 Å². The van der Waals surface area contributed by atoms with Gasteiger partial charge in [0.2, 0.25) is 0 Å². The minimum absolute atomic E-state index is 0.520. The second-order valence-electron chi connectivity index (χ2n) is 16.5. The molecule has 2 heterocycles. The Morgan fingerprint density at radius 1 is 0.405 bits per heavy atom. The molecule has 5 nitrogen and oxygen atoms in total. The predicted molar refractivity (Wildman–Crippen MR) is 175 cm³/mol. The molecule has 7 fully saturated rings. The second kappa shape index (κ2) is 14.9. The molecule has 42 heavy (non-hydrogen) atoms. The van der Waals surface area contributed by atoms with Crippen molar-refractivity contribution in [3.63, 3.8) is 0 Å². The Hall–Kier alpha value is -0.200. The van der Waals surface area contributed by atoms with E-state index in [1.807, 2.05) is 0 Å². The maximum atomic E-state index is 4.29. The first-order chi connectivity index (χ1) is 20.8. The van der Waals surface area contributed by atoms with Gasteiger partial charge in [0.15, 0.2) is 0 Å². The smallest absolute Gasteiger partial charge is 0.0624 e. The van der Waals surface area contributed by atoms with Crippen LogP contribution in [-0.4, -0.2) is 43.7 Å². The van der Waals surface area contributed by atoms with Crippen LogP contribution < -0.4 is 26.6 Å². The van der Waals surface area contributed by atoms with Crippen molar-refractivity contribution >= 4 is 0 Å². The molecule has 7 rings (SSSR count). The molecule has 240 valence electrons. The van der Waals surface area contributed by atoms with Gasteiger partial charge in [0.1, 0.15) is 0 Å². The Kier molecular flexibility index (Phi) is 10.8. The zero-order valence-corrected chi connectivity index (χ0v) is 27.1. The molecule has 0 bridgehead atoms. The maximum Gasteiger partial charge on any atom is 0.0624 e. The van der Waals surface area contributed by atoms with Crippen LogP contribution in [0.25, 0.3) is 0 Å². The van der Waals surface area contributed by atoms with E-state index < -0.39 is 0 Å². The fraction of sp³-hybridized carbons (Fsp3) is 1.00. The van der Waals surface area contributed by atoms with Crippen molar-refractivity contribution in [2.24, 2.45) is 41.4 Å². The van der Waals surface area contributed by atoms with Crippen LogP contribution in [0.1, 0.15) is 148 Å². The number of hydrogen-bond donors (Lipinski definition) is 5. The summed E-state index contributed by atoms with van der Waals surface area (Å²) in [6, 6.07) is 1.59. The summed E-state index contributed by atoms with van der Waals surface area (Å²) in [5.41, 5.74) is 0. The highest BCUT2D eigenvalue weighted by Crippen LogP contribution is 2.46. The quantitative estimate of drug-likeness (QED) is 0.223. The van der Waals surface area contributed by atoms with Crippen molar-refractivity contribution in [2.45, 2.75) is 178 Å². The van der Waals surface area contributed by atoms with Crippen LogP contribution in [0, 0.1) is 41.4 Å². The average Bonchev–Trinajstić information content (AvgIpc) is 3.61. The lowest BCUT2D eigenvalue weighted by Crippen LogP contribution is -2.72. The molecule has 5 saturated carbocycles. The first-order valence-electron chi connectivity index (χ1n) is 19.5. The normalized spacial score (nSPS) is 43.9. The summed E-state index contributed by atoms with van der Waals surface area (Å²) < 4.78 is 0. The van der Waals surface area contributed by atoms with Gasteiger partial charge in [0.25, 0.3) is 0 Å². The van der Waals surface area contributed by atoms with Crippen molar-refractivity contribution in [1.82, 2.24) is 26.6 Å². The van der Waals surface area contributed by atoms with Crippen LogP contribution in [0.4, 0.5) is 0 Å². The van der Waals surface area contributed by atoms with E-state index in [0.29, 0.717) is 18.5 Å². The molecule has 0 amide bonds. The Morgan fingerprint density at radius 3 is 1.57 bits per heavy atom. The van der Waals surface area contributed by atoms with Crippen molar-refractivity contribution in [3.05, 3.63) is 0 Å². The standard InChI is InChI=1S/C37H67N5/c1-4-11-26(12-5-1)35-40-36(27-13-6-2-7-14-27)42-37(41-35)30-16-10-15-28(23-30)29-19-20-34(39-32-17-8-3-9-18-32)33(24-29)31-21-22-38-25-31/h26-42H,1-25H2. The molecular weight excluding hydrogens is 514 g/mol. The first kappa shape index (κ1) is 30.5. The number of nitrogens with one attached hydrogen (secondary N) is 5. The summed E-state index contributed by atoms with van der Waals surface area (Å²) in [4.78, 5) is 0. The third kappa shape index (κ3) is 7.43. The van der Waals surface area contributed by atoms with Crippen LogP contribution >= 0.6 is 0 Å². The molecule has 7 aliphatic rings. The second-order valence-corrected chi connectivity index (χ2v) is 16.5. The van der Waals surface area contributed by atoms with E-state index in [0.717, 1.165) is 53.5 Å². The molecule has 0 radical (unpaired) electrons. The molecule has 0 spiro atoms. The maximum absolute atomic E-state index is 4.29. The molecule has 8 atom stereocenters. The molecule has 5 aliphatic carbocycles. The molecule has 2 aliphatic heterocycles. The fourth-order valence-corrected chi connectivity index (χ4v) is 11.5. The van der Waals surface area contributed by atoms with Gasteiger partial charge in [-0.15, -0.1) is 0 Å². The lowest BCUT2D eigenvalue weighted by Gasteiger charge is -2.50. The van der Waals surface area contributed by atoms with E-state index in [9.17, 15) is 0 Å². The predicted octanol–water partition coefficient (Wildman–Crippen LogP) is 7.03. The van der Waals surface area contributed by atoms with Crippen LogP contribution in [0.2, 0.25) is 0 Å². The summed E-state index contributed by atoms with van der Waals surface area (Å²) in [5, 5.41) is 20.7. The van der Waals surface area contributed by atoms with Gasteiger partial charge in [-0.2, -0.15) is 0 Å². The topological polar surface area (TPSA) is 60.1 Å². The highest BCUT2D eigenvalue weighted by Gasteiger charge is 2.44. The van der Waals surface area contributed by atoms with Crippen molar-refractivity contribution in [3.8, 4) is 0 Å². The SMILES string of the molecule is C1CCC(NC2CCC(C3CCCC(C4NC(C5CCCCC5)NC(C5CCCCC5)N4)C3)CC2C2CCNC2)CC1. The first-order valence-corrected chi connectivity index (χ1v) is 19.5. The molecule has 2 saturated heterocycles. The van der Waals surface area contributed by atoms with Gasteiger partial charge in [-0.25, -0.2) is 0 Å². The monoisotopic (exact) mass is 582 g/mol. The Bertz CT molecular complexity index is 770. The van der Waals surface area contributed by atoms with Gasteiger partial charge >= 0.3 is 0 Å². The van der Waals surface area contributed by atoms with E-state index in [1.165, 1.54) is 161 Å². The van der Waals surface area contributed by atoms with E-state index in [1.54, 1.807) is 0 Å². The minimum Gasteiger partial charge on any atom is -0.316 e. The minimum atomic E-state index is 0.520. The highest BCUT2D eigenvalue weighted by atomic mass is 15.4. The molecule has 5 N–H and O–H groups in total. The summed E-state index contributed by atoms with van der Waals surface area (Å²) >= 11 is 0. The zero-order chi connectivity index (χ0) is 28.1. The van der Waals surface area contributed by atoms with Gasteiger partial charge in [-0.3, -0.25) is 16.0 Å². The summed E-state index contributed by atoms with van der Waals surface area (Å²) in [5.74, 6) is 6.22. The summed E-state index contributed by atoms with van der Waals surface area (Å²) in [7, 11) is 0. The largest absolute Gasteiger partial charge is 0.316 e. The van der Waals surface area contributed by atoms with Crippen molar-refractivity contribution in [1.29, 1.82) is 0 Å². The number of hydrogen-bond acceptors (Lipinski definition) is 5. The Labute approximate surface area is 259 Å². The summed E-state index contributed by atoms with van der Waals surface area (Å²) in [6.07, 6.45) is 34.9. The van der Waals surface area contributed by atoms with Crippen LogP contribution in [-0.2, 0) is 0 Å². The zero-order valence-electron chi connectivity index (χ0n) is 27.1. The third-order valence-corrected chi connectivity index (χ3v) is 13.9. The molecule has 0 aromatic heterocycles. The molecule has 5 heteroatoms. The lowest BCUT2D eigenvalue weighted by molar-refractivity contribution is 0.0348. The molecule has 0 aromatic rings. The fourth-order valence-electron chi connectivity index (χ4n) is 11.5. The van der Waals surface area contributed by atoms with Crippen LogP contribution in [0.3, 0.4) is 0 Å². The third-order valence-electron chi connectivity index (χ3n) is 13.9. The van der Waals surface area contributed by atoms with E-state index in [4.69, 9.17) is 0 Å². The van der Waals surface area contributed by atoms with Crippen molar-refractivity contribution in [2.75, 3.05) is 13.1 Å². The van der Waals surface area contributed by atoms with Gasteiger partial charge in [0, 0.05) is 12.1 Å². The molecule has 0 aromatic carbocycles. The number of rotatable bonds is 7.